The SMILES string of the molecule is O=C(N[C@@H](CO)C(=O)N1CCc2c([nH]c3ccccc23)C1)C(=O)c1cccs1. The number of hydrogen-bond donors (Lipinski definition) is 3. The molecule has 4 rings (SSSR count). The van der Waals surface area contributed by atoms with Crippen LogP contribution >= 0.6 is 11.3 Å². The molecule has 28 heavy (non-hydrogen) atoms. The number of para-hydroxylation sites is 1. The van der Waals surface area contributed by atoms with E-state index in [1.54, 1.807) is 22.4 Å². The van der Waals surface area contributed by atoms with Crippen molar-refractivity contribution < 1.29 is 19.5 Å². The fourth-order valence-electron chi connectivity index (χ4n) is 3.53. The molecule has 144 valence electrons. The lowest BCUT2D eigenvalue weighted by molar-refractivity contribution is -0.137. The smallest absolute Gasteiger partial charge is 0.293 e. The number of amides is 2. The largest absolute Gasteiger partial charge is 0.394 e. The molecule has 0 saturated heterocycles. The quantitative estimate of drug-likeness (QED) is 0.448. The van der Waals surface area contributed by atoms with Crippen LogP contribution in [0.25, 0.3) is 10.9 Å². The van der Waals surface area contributed by atoms with E-state index < -0.39 is 30.2 Å². The van der Waals surface area contributed by atoms with Gasteiger partial charge >= 0.3 is 0 Å². The number of aliphatic hydroxyl groups is 1. The van der Waals surface area contributed by atoms with E-state index in [0.717, 1.165) is 27.9 Å². The first kappa shape index (κ1) is 18.4. The summed E-state index contributed by atoms with van der Waals surface area (Å²) < 4.78 is 0. The van der Waals surface area contributed by atoms with Crippen LogP contribution < -0.4 is 5.32 Å². The number of carbonyl (C=O) groups excluding carboxylic acids is 3. The van der Waals surface area contributed by atoms with Crippen LogP contribution in [0.5, 0.6) is 0 Å². The Morgan fingerprint density at radius 1 is 1.21 bits per heavy atom. The topological polar surface area (TPSA) is 102 Å². The third-order valence-corrected chi connectivity index (χ3v) is 5.80. The number of thiophene rings is 1. The number of H-pyrrole nitrogens is 1. The second-order valence-electron chi connectivity index (χ2n) is 6.65. The molecule has 1 atom stereocenters. The molecule has 8 heteroatoms. The maximum absolute atomic E-state index is 12.8. The van der Waals surface area contributed by atoms with E-state index in [2.05, 4.69) is 16.4 Å². The van der Waals surface area contributed by atoms with Crippen molar-refractivity contribution in [3.63, 3.8) is 0 Å². The Kier molecular flexibility index (Phi) is 4.97. The lowest BCUT2D eigenvalue weighted by Crippen LogP contribution is -2.52. The summed E-state index contributed by atoms with van der Waals surface area (Å²) >= 11 is 1.15. The van der Waals surface area contributed by atoms with Gasteiger partial charge in [0.25, 0.3) is 11.7 Å². The van der Waals surface area contributed by atoms with Gasteiger partial charge in [0.15, 0.2) is 0 Å². The van der Waals surface area contributed by atoms with Crippen LogP contribution in [-0.4, -0.2) is 51.8 Å². The Labute approximate surface area is 165 Å². The van der Waals surface area contributed by atoms with Crippen molar-refractivity contribution in [3.05, 3.63) is 57.9 Å². The van der Waals surface area contributed by atoms with E-state index in [0.29, 0.717) is 24.4 Å². The van der Waals surface area contributed by atoms with Crippen molar-refractivity contribution in [1.29, 1.82) is 0 Å². The summed E-state index contributed by atoms with van der Waals surface area (Å²) in [7, 11) is 0. The number of nitrogens with zero attached hydrogens (tertiary/aromatic N) is 1. The maximum Gasteiger partial charge on any atom is 0.293 e. The molecule has 0 aliphatic carbocycles. The molecular formula is C20H19N3O4S. The zero-order valence-corrected chi connectivity index (χ0v) is 15.8. The number of Topliss-reactive ketones (excluding diaryl/α,β-unsaturated/α-hetero) is 1. The number of rotatable bonds is 5. The highest BCUT2D eigenvalue weighted by molar-refractivity contribution is 7.13. The maximum atomic E-state index is 12.8. The molecule has 2 amide bonds. The summed E-state index contributed by atoms with van der Waals surface area (Å²) in [4.78, 5) is 42.3. The average molecular weight is 397 g/mol. The van der Waals surface area contributed by atoms with Crippen molar-refractivity contribution in [1.82, 2.24) is 15.2 Å². The number of benzene rings is 1. The van der Waals surface area contributed by atoms with Crippen molar-refractivity contribution in [2.45, 2.75) is 19.0 Å². The Morgan fingerprint density at radius 3 is 2.79 bits per heavy atom. The third kappa shape index (κ3) is 3.32. The lowest BCUT2D eigenvalue weighted by Gasteiger charge is -2.30. The zero-order chi connectivity index (χ0) is 19.7. The van der Waals surface area contributed by atoms with Gasteiger partial charge in [-0.2, -0.15) is 0 Å². The number of ketones is 1. The Bertz CT molecular complexity index is 1040. The third-order valence-electron chi connectivity index (χ3n) is 4.93. The molecular weight excluding hydrogens is 378 g/mol. The van der Waals surface area contributed by atoms with Crippen molar-refractivity contribution >= 4 is 39.8 Å². The van der Waals surface area contributed by atoms with Gasteiger partial charge in [0.05, 0.1) is 18.0 Å². The van der Waals surface area contributed by atoms with Gasteiger partial charge in [-0.15, -0.1) is 11.3 Å². The number of carbonyl (C=O) groups is 3. The Balaban J connectivity index is 1.47. The van der Waals surface area contributed by atoms with Gasteiger partial charge in [0, 0.05) is 23.1 Å². The van der Waals surface area contributed by atoms with Gasteiger partial charge in [-0.1, -0.05) is 24.3 Å². The van der Waals surface area contributed by atoms with Crippen LogP contribution in [0.15, 0.2) is 41.8 Å². The number of fused-ring (bicyclic) bond motifs is 3. The fraction of sp³-hybridized carbons (Fsp3) is 0.250. The van der Waals surface area contributed by atoms with E-state index >= 15 is 0 Å². The number of hydrogen-bond acceptors (Lipinski definition) is 5. The fourth-order valence-corrected chi connectivity index (χ4v) is 4.19. The first-order valence-electron chi connectivity index (χ1n) is 8.95. The minimum Gasteiger partial charge on any atom is -0.394 e. The molecule has 0 fully saturated rings. The van der Waals surface area contributed by atoms with Crippen molar-refractivity contribution in [2.24, 2.45) is 0 Å². The predicted octanol–water partition coefficient (Wildman–Crippen LogP) is 1.47. The lowest BCUT2D eigenvalue weighted by atomic mass is 10.0. The average Bonchev–Trinajstić information content (AvgIpc) is 3.38. The van der Waals surface area contributed by atoms with Crippen molar-refractivity contribution in [2.75, 3.05) is 13.2 Å². The summed E-state index contributed by atoms with van der Waals surface area (Å²) in [5.74, 6) is -2.00. The molecule has 3 aromatic rings. The van der Waals surface area contributed by atoms with Crippen LogP contribution in [0.4, 0.5) is 0 Å². The molecule has 0 bridgehead atoms. The molecule has 0 saturated carbocycles. The van der Waals surface area contributed by atoms with Crippen LogP contribution in [0.1, 0.15) is 20.9 Å². The summed E-state index contributed by atoms with van der Waals surface area (Å²) in [6, 6.07) is 10.0. The van der Waals surface area contributed by atoms with Gasteiger partial charge < -0.3 is 20.3 Å². The minimum atomic E-state index is -1.15. The number of nitrogens with one attached hydrogen (secondary N) is 2. The van der Waals surface area contributed by atoms with Crippen LogP contribution in [0.3, 0.4) is 0 Å². The first-order valence-corrected chi connectivity index (χ1v) is 9.83. The summed E-state index contributed by atoms with van der Waals surface area (Å²) in [5.41, 5.74) is 3.17. The van der Waals surface area contributed by atoms with Crippen LogP contribution in [0, 0.1) is 0 Å². The predicted molar refractivity (Wildman–Crippen MR) is 105 cm³/mol. The molecule has 3 N–H and O–H groups in total. The standard InChI is InChI=1S/C20H19N3O4S/c24-11-16(22-19(26)18(25)17-6-3-9-28-17)20(27)23-8-7-13-12-4-1-2-5-14(12)21-15(13)10-23/h1-6,9,16,21,24H,7-8,10-11H2,(H,22,26)/t16-/m0/s1. The van der Waals surface area contributed by atoms with E-state index in [9.17, 15) is 19.5 Å². The highest BCUT2D eigenvalue weighted by atomic mass is 32.1. The molecule has 0 unspecified atom stereocenters. The Morgan fingerprint density at radius 2 is 2.04 bits per heavy atom. The number of aliphatic hydroxyl groups excluding tert-OH is 1. The second-order valence-corrected chi connectivity index (χ2v) is 7.60. The summed E-state index contributed by atoms with van der Waals surface area (Å²) in [6.07, 6.45) is 0.686. The molecule has 1 aromatic carbocycles. The van der Waals surface area contributed by atoms with Crippen LogP contribution in [-0.2, 0) is 22.6 Å². The van der Waals surface area contributed by atoms with Gasteiger partial charge in [0.1, 0.15) is 6.04 Å². The molecule has 0 spiro atoms. The highest BCUT2D eigenvalue weighted by Crippen LogP contribution is 2.27. The monoisotopic (exact) mass is 397 g/mol. The van der Waals surface area contributed by atoms with E-state index in [4.69, 9.17) is 0 Å². The number of aromatic amines is 1. The zero-order valence-electron chi connectivity index (χ0n) is 15.0. The van der Waals surface area contributed by atoms with Gasteiger partial charge in [-0.3, -0.25) is 14.4 Å². The second kappa shape index (κ2) is 7.57. The normalized spacial score (nSPS) is 14.5. The Hall–Kier alpha value is -2.97. The molecule has 2 aromatic heterocycles. The molecule has 1 aliphatic rings. The highest BCUT2D eigenvalue weighted by Gasteiger charge is 2.31. The summed E-state index contributed by atoms with van der Waals surface area (Å²) in [6.45, 7) is 0.283. The molecule has 3 heterocycles. The van der Waals surface area contributed by atoms with Gasteiger partial charge in [-0.05, 0) is 29.5 Å². The molecule has 0 radical (unpaired) electrons. The number of aromatic nitrogens is 1. The molecule has 7 nitrogen and oxygen atoms in total. The molecule has 1 aliphatic heterocycles. The summed E-state index contributed by atoms with van der Waals surface area (Å²) in [5, 5.41) is 14.8. The van der Waals surface area contributed by atoms with Gasteiger partial charge in [-0.25, -0.2) is 0 Å². The van der Waals surface area contributed by atoms with Crippen LogP contribution in [0.2, 0.25) is 0 Å². The van der Waals surface area contributed by atoms with E-state index in [1.165, 1.54) is 5.56 Å². The van der Waals surface area contributed by atoms with Gasteiger partial charge in [0.2, 0.25) is 5.91 Å². The van der Waals surface area contributed by atoms with Crippen molar-refractivity contribution in [3.8, 4) is 0 Å². The minimum absolute atomic E-state index is 0.294. The van der Waals surface area contributed by atoms with E-state index in [1.807, 2.05) is 18.2 Å². The first-order chi connectivity index (χ1) is 13.6. The van der Waals surface area contributed by atoms with E-state index in [-0.39, 0.29) is 0 Å².